The number of nitrogens with two attached hydrogens (primary N) is 1. The standard InChI is InChI=1S/C12H13ClN4O/c1-8-3-2-4-9(5-8)7-17-12(18)11(13)10(16-14)6-15-17/h2-6,16H,7,14H2,1H3. The highest BCUT2D eigenvalue weighted by Crippen LogP contribution is 2.13. The van der Waals surface area contributed by atoms with Gasteiger partial charge in [-0.15, -0.1) is 0 Å². The molecule has 1 aromatic carbocycles. The number of hydrogen-bond donors (Lipinski definition) is 2. The van der Waals surface area contributed by atoms with E-state index in [0.29, 0.717) is 12.2 Å². The molecule has 3 N–H and O–H groups in total. The van der Waals surface area contributed by atoms with Crippen LogP contribution in [0.3, 0.4) is 0 Å². The summed E-state index contributed by atoms with van der Waals surface area (Å²) in [5.41, 5.74) is 4.41. The van der Waals surface area contributed by atoms with Crippen molar-refractivity contribution >= 4 is 17.3 Å². The molecule has 0 aliphatic carbocycles. The largest absolute Gasteiger partial charge is 0.321 e. The Balaban J connectivity index is 2.36. The Hall–Kier alpha value is -1.85. The first-order valence-corrected chi connectivity index (χ1v) is 5.77. The predicted octanol–water partition coefficient (Wildman–Crippen LogP) is 1.54. The number of hydrogen-bond acceptors (Lipinski definition) is 4. The fourth-order valence-electron chi connectivity index (χ4n) is 1.66. The van der Waals surface area contributed by atoms with E-state index in [1.54, 1.807) is 0 Å². The number of halogens is 1. The maximum Gasteiger partial charge on any atom is 0.288 e. The Kier molecular flexibility index (Phi) is 3.64. The topological polar surface area (TPSA) is 72.9 Å². The van der Waals surface area contributed by atoms with Crippen molar-refractivity contribution in [3.63, 3.8) is 0 Å². The molecule has 1 heterocycles. The predicted molar refractivity (Wildman–Crippen MR) is 71.6 cm³/mol. The number of aryl methyl sites for hydroxylation is 1. The smallest absolute Gasteiger partial charge is 0.288 e. The first-order chi connectivity index (χ1) is 8.61. The molecular formula is C12H13ClN4O. The van der Waals surface area contributed by atoms with Crippen LogP contribution < -0.4 is 16.8 Å². The third-order valence-electron chi connectivity index (χ3n) is 2.56. The fraction of sp³-hybridized carbons (Fsp3) is 0.167. The molecule has 0 saturated carbocycles. The van der Waals surface area contributed by atoms with Crippen LogP contribution in [0.2, 0.25) is 5.02 Å². The molecule has 0 bridgehead atoms. The minimum Gasteiger partial charge on any atom is -0.321 e. The second-order valence-electron chi connectivity index (χ2n) is 3.97. The van der Waals surface area contributed by atoms with Gasteiger partial charge in [0, 0.05) is 0 Å². The van der Waals surface area contributed by atoms with Crippen LogP contribution in [0.1, 0.15) is 11.1 Å². The highest BCUT2D eigenvalue weighted by molar-refractivity contribution is 6.32. The highest BCUT2D eigenvalue weighted by Gasteiger charge is 2.08. The number of nitrogen functional groups attached to an aromatic ring is 1. The average molecular weight is 265 g/mol. The molecule has 0 aliphatic heterocycles. The highest BCUT2D eigenvalue weighted by atomic mass is 35.5. The van der Waals surface area contributed by atoms with Gasteiger partial charge in [0.2, 0.25) is 0 Å². The molecule has 18 heavy (non-hydrogen) atoms. The maximum atomic E-state index is 11.9. The SMILES string of the molecule is Cc1cccc(Cn2ncc(NN)c(Cl)c2=O)c1. The normalized spacial score (nSPS) is 10.4. The minimum atomic E-state index is -0.367. The van der Waals surface area contributed by atoms with E-state index in [-0.39, 0.29) is 10.6 Å². The van der Waals surface area contributed by atoms with Gasteiger partial charge in [0.25, 0.3) is 5.56 Å². The van der Waals surface area contributed by atoms with Crippen molar-refractivity contribution in [2.45, 2.75) is 13.5 Å². The second kappa shape index (κ2) is 5.20. The maximum absolute atomic E-state index is 11.9. The summed E-state index contributed by atoms with van der Waals surface area (Å²) in [6, 6.07) is 7.86. The van der Waals surface area contributed by atoms with Crippen LogP contribution >= 0.6 is 11.6 Å². The quantitative estimate of drug-likeness (QED) is 0.652. The summed E-state index contributed by atoms with van der Waals surface area (Å²) >= 11 is 5.88. The first kappa shape index (κ1) is 12.6. The second-order valence-corrected chi connectivity index (χ2v) is 4.35. The Bertz CT molecular complexity index is 624. The van der Waals surface area contributed by atoms with E-state index in [4.69, 9.17) is 17.4 Å². The third-order valence-corrected chi connectivity index (χ3v) is 2.92. The summed E-state index contributed by atoms with van der Waals surface area (Å²) in [5, 5.41) is 4.05. The van der Waals surface area contributed by atoms with E-state index in [0.717, 1.165) is 11.1 Å². The Morgan fingerprint density at radius 1 is 1.50 bits per heavy atom. The molecule has 5 nitrogen and oxygen atoms in total. The van der Waals surface area contributed by atoms with Crippen molar-refractivity contribution in [2.24, 2.45) is 5.84 Å². The number of benzene rings is 1. The van der Waals surface area contributed by atoms with Crippen molar-refractivity contribution in [1.82, 2.24) is 9.78 Å². The molecule has 94 valence electrons. The number of nitrogens with one attached hydrogen (secondary N) is 1. The molecule has 2 rings (SSSR count). The molecule has 6 heteroatoms. The van der Waals surface area contributed by atoms with Gasteiger partial charge in [-0.3, -0.25) is 10.6 Å². The Labute approximate surface area is 109 Å². The lowest BCUT2D eigenvalue weighted by Gasteiger charge is -2.08. The first-order valence-electron chi connectivity index (χ1n) is 5.39. The van der Waals surface area contributed by atoms with Gasteiger partial charge in [-0.1, -0.05) is 41.4 Å². The Morgan fingerprint density at radius 3 is 2.94 bits per heavy atom. The molecule has 0 radical (unpaired) electrons. The lowest BCUT2D eigenvalue weighted by molar-refractivity contribution is 0.639. The van der Waals surface area contributed by atoms with Crippen molar-refractivity contribution in [3.05, 3.63) is 57.0 Å². The van der Waals surface area contributed by atoms with Gasteiger partial charge in [0.05, 0.1) is 18.4 Å². The van der Waals surface area contributed by atoms with E-state index in [1.807, 2.05) is 31.2 Å². The summed E-state index contributed by atoms with van der Waals surface area (Å²) < 4.78 is 1.30. The monoisotopic (exact) mass is 264 g/mol. The van der Waals surface area contributed by atoms with Crippen LogP contribution in [-0.4, -0.2) is 9.78 Å². The zero-order valence-electron chi connectivity index (χ0n) is 9.85. The van der Waals surface area contributed by atoms with E-state index < -0.39 is 0 Å². The lowest BCUT2D eigenvalue weighted by Crippen LogP contribution is -2.25. The molecule has 0 aliphatic rings. The average Bonchev–Trinajstić information content (AvgIpc) is 2.35. The molecular weight excluding hydrogens is 252 g/mol. The van der Waals surface area contributed by atoms with Crippen molar-refractivity contribution in [1.29, 1.82) is 0 Å². The summed E-state index contributed by atoms with van der Waals surface area (Å²) in [6.07, 6.45) is 1.43. The Morgan fingerprint density at radius 2 is 2.28 bits per heavy atom. The van der Waals surface area contributed by atoms with Gasteiger partial charge in [-0.05, 0) is 12.5 Å². The van der Waals surface area contributed by atoms with Crippen molar-refractivity contribution in [2.75, 3.05) is 5.43 Å². The van der Waals surface area contributed by atoms with Gasteiger partial charge in [-0.2, -0.15) is 5.10 Å². The number of rotatable bonds is 3. The molecule has 0 atom stereocenters. The zero-order chi connectivity index (χ0) is 13.1. The summed E-state index contributed by atoms with van der Waals surface area (Å²) in [5.74, 6) is 5.22. The molecule has 0 amide bonds. The van der Waals surface area contributed by atoms with Crippen molar-refractivity contribution < 1.29 is 0 Å². The summed E-state index contributed by atoms with van der Waals surface area (Å²) in [4.78, 5) is 11.9. The van der Waals surface area contributed by atoms with Gasteiger partial charge in [0.1, 0.15) is 5.02 Å². The number of hydrazine groups is 1. The summed E-state index contributed by atoms with van der Waals surface area (Å²) in [7, 11) is 0. The zero-order valence-corrected chi connectivity index (χ0v) is 10.6. The van der Waals surface area contributed by atoms with Gasteiger partial charge < -0.3 is 5.43 Å². The minimum absolute atomic E-state index is 0.0418. The van der Waals surface area contributed by atoms with E-state index in [9.17, 15) is 4.79 Å². The van der Waals surface area contributed by atoms with E-state index in [1.165, 1.54) is 10.9 Å². The summed E-state index contributed by atoms with van der Waals surface area (Å²) in [6.45, 7) is 2.37. The van der Waals surface area contributed by atoms with Crippen LogP contribution in [0, 0.1) is 6.92 Å². The molecule has 0 spiro atoms. The number of nitrogens with zero attached hydrogens (tertiary/aromatic N) is 2. The molecule has 2 aromatic rings. The van der Waals surface area contributed by atoms with Crippen LogP contribution in [0.25, 0.3) is 0 Å². The van der Waals surface area contributed by atoms with Crippen LogP contribution in [0.5, 0.6) is 0 Å². The molecule has 0 fully saturated rings. The third kappa shape index (κ3) is 2.52. The van der Waals surface area contributed by atoms with Crippen LogP contribution in [-0.2, 0) is 6.54 Å². The van der Waals surface area contributed by atoms with Gasteiger partial charge in [-0.25, -0.2) is 4.68 Å². The van der Waals surface area contributed by atoms with Crippen LogP contribution in [0.4, 0.5) is 5.69 Å². The molecule has 0 unspecified atom stereocenters. The number of anilines is 1. The molecule has 0 saturated heterocycles. The fourth-order valence-corrected chi connectivity index (χ4v) is 1.86. The lowest BCUT2D eigenvalue weighted by atomic mass is 10.1. The van der Waals surface area contributed by atoms with E-state index in [2.05, 4.69) is 10.5 Å². The number of aromatic nitrogens is 2. The van der Waals surface area contributed by atoms with Crippen LogP contribution in [0.15, 0.2) is 35.3 Å². The van der Waals surface area contributed by atoms with Gasteiger partial charge in [0.15, 0.2) is 0 Å². The van der Waals surface area contributed by atoms with Gasteiger partial charge >= 0.3 is 0 Å². The van der Waals surface area contributed by atoms with Crippen molar-refractivity contribution in [3.8, 4) is 0 Å². The van der Waals surface area contributed by atoms with E-state index >= 15 is 0 Å². The molecule has 1 aromatic heterocycles.